The van der Waals surface area contributed by atoms with Gasteiger partial charge in [0, 0.05) is 12.5 Å². The summed E-state index contributed by atoms with van der Waals surface area (Å²) in [6, 6.07) is 0. The molecule has 13 heavy (non-hydrogen) atoms. The predicted molar refractivity (Wildman–Crippen MR) is 47.2 cm³/mol. The number of esters is 1. The first-order valence-corrected chi connectivity index (χ1v) is 5.02. The molecular formula is C10H16O3. The van der Waals surface area contributed by atoms with Crippen molar-refractivity contribution in [2.75, 3.05) is 6.61 Å². The summed E-state index contributed by atoms with van der Waals surface area (Å²) in [5, 5.41) is 0. The van der Waals surface area contributed by atoms with Crippen LogP contribution in [-0.2, 0) is 14.3 Å². The van der Waals surface area contributed by atoms with Crippen LogP contribution in [0.2, 0.25) is 0 Å². The highest BCUT2D eigenvalue weighted by Gasteiger charge is 2.57. The summed E-state index contributed by atoms with van der Waals surface area (Å²) in [5.41, 5.74) is 0. The third kappa shape index (κ3) is 1.70. The molecule has 1 saturated heterocycles. The van der Waals surface area contributed by atoms with Gasteiger partial charge in [-0.3, -0.25) is 4.79 Å². The van der Waals surface area contributed by atoms with Gasteiger partial charge in [0.15, 0.2) is 0 Å². The van der Waals surface area contributed by atoms with E-state index in [9.17, 15) is 4.79 Å². The molecule has 0 spiro atoms. The van der Waals surface area contributed by atoms with Gasteiger partial charge in [0.2, 0.25) is 0 Å². The Labute approximate surface area is 78.4 Å². The summed E-state index contributed by atoms with van der Waals surface area (Å²) < 4.78 is 10.6. The quantitative estimate of drug-likeness (QED) is 0.608. The maximum absolute atomic E-state index is 11.5. The second-order valence-electron chi connectivity index (χ2n) is 4.15. The largest absolute Gasteiger partial charge is 0.463 e. The molecule has 0 radical (unpaired) electrons. The van der Waals surface area contributed by atoms with Crippen LogP contribution in [0.1, 0.15) is 26.7 Å². The van der Waals surface area contributed by atoms with E-state index >= 15 is 0 Å². The number of carbonyl (C=O) groups is 1. The fraction of sp³-hybridized carbons (Fsp3) is 0.900. The van der Waals surface area contributed by atoms with E-state index in [0.29, 0.717) is 5.92 Å². The van der Waals surface area contributed by atoms with Crippen molar-refractivity contribution in [3.8, 4) is 0 Å². The number of hydrogen-bond acceptors (Lipinski definition) is 3. The van der Waals surface area contributed by atoms with Gasteiger partial charge in [-0.15, -0.1) is 0 Å². The number of hydrogen-bond donors (Lipinski definition) is 0. The molecule has 3 unspecified atom stereocenters. The average molecular weight is 184 g/mol. The van der Waals surface area contributed by atoms with Gasteiger partial charge < -0.3 is 9.47 Å². The SMILES string of the molecule is CC(C)OC(=O)C1C2CCCOC21. The number of carbonyl (C=O) groups excluding carboxylic acids is 1. The van der Waals surface area contributed by atoms with Crippen LogP contribution < -0.4 is 0 Å². The smallest absolute Gasteiger partial charge is 0.312 e. The van der Waals surface area contributed by atoms with Crippen molar-refractivity contribution in [3.05, 3.63) is 0 Å². The molecule has 1 saturated carbocycles. The maximum Gasteiger partial charge on any atom is 0.312 e. The van der Waals surface area contributed by atoms with Crippen molar-refractivity contribution in [2.24, 2.45) is 11.8 Å². The Morgan fingerprint density at radius 3 is 2.85 bits per heavy atom. The summed E-state index contributed by atoms with van der Waals surface area (Å²) in [4.78, 5) is 11.5. The molecule has 2 rings (SSSR count). The second kappa shape index (κ2) is 3.29. The molecule has 1 aliphatic heterocycles. The van der Waals surface area contributed by atoms with E-state index in [-0.39, 0.29) is 24.1 Å². The van der Waals surface area contributed by atoms with Crippen molar-refractivity contribution in [1.29, 1.82) is 0 Å². The molecule has 2 aliphatic rings. The van der Waals surface area contributed by atoms with Gasteiger partial charge in [0.25, 0.3) is 0 Å². The van der Waals surface area contributed by atoms with E-state index in [2.05, 4.69) is 0 Å². The zero-order valence-electron chi connectivity index (χ0n) is 8.16. The van der Waals surface area contributed by atoms with Crippen LogP contribution in [0.3, 0.4) is 0 Å². The van der Waals surface area contributed by atoms with Crippen LogP contribution in [0.15, 0.2) is 0 Å². The summed E-state index contributed by atoms with van der Waals surface area (Å²) in [6.07, 6.45) is 2.39. The van der Waals surface area contributed by atoms with Gasteiger partial charge in [-0.1, -0.05) is 0 Å². The maximum atomic E-state index is 11.5. The topological polar surface area (TPSA) is 35.5 Å². The molecule has 3 atom stereocenters. The second-order valence-corrected chi connectivity index (χ2v) is 4.15. The van der Waals surface area contributed by atoms with Crippen molar-refractivity contribution >= 4 is 5.97 Å². The number of fused-ring (bicyclic) bond motifs is 1. The minimum absolute atomic E-state index is 0.00449. The monoisotopic (exact) mass is 184 g/mol. The van der Waals surface area contributed by atoms with Crippen LogP contribution >= 0.6 is 0 Å². The van der Waals surface area contributed by atoms with Crippen molar-refractivity contribution in [2.45, 2.75) is 38.9 Å². The molecule has 0 bridgehead atoms. The van der Waals surface area contributed by atoms with E-state index in [1.807, 2.05) is 13.8 Å². The first kappa shape index (κ1) is 9.00. The predicted octanol–water partition coefficient (Wildman–Crippen LogP) is 1.36. The molecular weight excluding hydrogens is 168 g/mol. The molecule has 0 aromatic heterocycles. The van der Waals surface area contributed by atoms with Crippen molar-refractivity contribution < 1.29 is 14.3 Å². The lowest BCUT2D eigenvalue weighted by atomic mass is 10.2. The van der Waals surface area contributed by atoms with Crippen LogP contribution in [-0.4, -0.2) is 24.8 Å². The molecule has 2 fully saturated rings. The van der Waals surface area contributed by atoms with E-state index in [4.69, 9.17) is 9.47 Å². The first-order valence-electron chi connectivity index (χ1n) is 5.02. The van der Waals surface area contributed by atoms with E-state index in [0.717, 1.165) is 19.4 Å². The molecule has 0 aromatic carbocycles. The zero-order chi connectivity index (χ0) is 9.42. The van der Waals surface area contributed by atoms with Crippen LogP contribution in [0.4, 0.5) is 0 Å². The van der Waals surface area contributed by atoms with E-state index < -0.39 is 0 Å². The Hall–Kier alpha value is -0.570. The fourth-order valence-corrected chi connectivity index (χ4v) is 2.07. The highest BCUT2D eigenvalue weighted by Crippen LogP contribution is 2.48. The summed E-state index contributed by atoms with van der Waals surface area (Å²) >= 11 is 0. The number of rotatable bonds is 2. The normalized spacial score (nSPS) is 37.0. The summed E-state index contributed by atoms with van der Waals surface area (Å²) in [6.45, 7) is 4.57. The Morgan fingerprint density at radius 2 is 2.31 bits per heavy atom. The molecule has 3 heteroatoms. The van der Waals surface area contributed by atoms with Gasteiger partial charge in [0.1, 0.15) is 0 Å². The van der Waals surface area contributed by atoms with E-state index in [1.54, 1.807) is 0 Å². The van der Waals surface area contributed by atoms with Crippen LogP contribution in [0.5, 0.6) is 0 Å². The highest BCUT2D eigenvalue weighted by atomic mass is 16.6. The molecule has 1 aliphatic carbocycles. The summed E-state index contributed by atoms with van der Waals surface area (Å²) in [5.74, 6) is 0.441. The lowest BCUT2D eigenvalue weighted by Crippen LogP contribution is -2.15. The van der Waals surface area contributed by atoms with Gasteiger partial charge in [-0.2, -0.15) is 0 Å². The third-order valence-electron chi connectivity index (χ3n) is 2.71. The Morgan fingerprint density at radius 1 is 1.54 bits per heavy atom. The highest BCUT2D eigenvalue weighted by molar-refractivity contribution is 5.77. The third-order valence-corrected chi connectivity index (χ3v) is 2.71. The van der Waals surface area contributed by atoms with E-state index in [1.165, 1.54) is 0 Å². The minimum atomic E-state index is -0.0631. The fourth-order valence-electron chi connectivity index (χ4n) is 2.07. The molecule has 0 amide bonds. The van der Waals surface area contributed by atoms with Gasteiger partial charge >= 0.3 is 5.97 Å². The van der Waals surface area contributed by atoms with Crippen molar-refractivity contribution in [3.63, 3.8) is 0 Å². The Bertz CT molecular complexity index is 200. The van der Waals surface area contributed by atoms with Gasteiger partial charge in [-0.25, -0.2) is 0 Å². The van der Waals surface area contributed by atoms with Gasteiger partial charge in [-0.05, 0) is 26.7 Å². The van der Waals surface area contributed by atoms with Crippen LogP contribution in [0.25, 0.3) is 0 Å². The average Bonchev–Trinajstić information content (AvgIpc) is 2.76. The summed E-state index contributed by atoms with van der Waals surface area (Å²) in [7, 11) is 0. The number of ether oxygens (including phenoxy) is 2. The lowest BCUT2D eigenvalue weighted by molar-refractivity contribution is -0.150. The molecule has 0 N–H and O–H groups in total. The standard InChI is InChI=1S/C10H16O3/c1-6(2)13-10(11)8-7-4-3-5-12-9(7)8/h6-9H,3-5H2,1-2H3. The molecule has 3 nitrogen and oxygen atoms in total. The van der Waals surface area contributed by atoms with Gasteiger partial charge in [0.05, 0.1) is 18.1 Å². The molecule has 1 heterocycles. The minimum Gasteiger partial charge on any atom is -0.463 e. The molecule has 0 aromatic rings. The van der Waals surface area contributed by atoms with Crippen LogP contribution in [0, 0.1) is 11.8 Å². The molecule has 74 valence electrons. The van der Waals surface area contributed by atoms with Crippen molar-refractivity contribution in [1.82, 2.24) is 0 Å². The lowest BCUT2D eigenvalue weighted by Gasteiger charge is -2.07. The first-order chi connectivity index (χ1) is 6.20. The Balaban J connectivity index is 1.86. The zero-order valence-corrected chi connectivity index (χ0v) is 8.16. The Kier molecular flexibility index (Phi) is 2.28.